The van der Waals surface area contributed by atoms with Crippen LogP contribution in [-0.4, -0.2) is 11.7 Å². The van der Waals surface area contributed by atoms with Gasteiger partial charge >= 0.3 is 0 Å². The summed E-state index contributed by atoms with van der Waals surface area (Å²) in [6.07, 6.45) is 3.06. The van der Waals surface area contributed by atoms with Crippen LogP contribution in [-0.2, 0) is 27.1 Å². The maximum absolute atomic E-state index is 6.88. The summed E-state index contributed by atoms with van der Waals surface area (Å²) in [6, 6.07) is 21.3. The normalized spacial score (nSPS) is 17.6. The molecule has 3 aliphatic rings. The summed E-state index contributed by atoms with van der Waals surface area (Å²) in [4.78, 5) is 7.62. The molecule has 3 heterocycles. The highest BCUT2D eigenvalue weighted by Gasteiger charge is 2.47. The van der Waals surface area contributed by atoms with Crippen LogP contribution in [0.4, 0.5) is 17.2 Å². The summed E-state index contributed by atoms with van der Waals surface area (Å²) < 4.78 is 6.88. The molecule has 0 radical (unpaired) electrons. The van der Waals surface area contributed by atoms with Crippen LogP contribution in [0.5, 0.6) is 11.5 Å². The number of fused-ring (bicyclic) bond motifs is 5. The second-order valence-electron chi connectivity index (χ2n) is 18.6. The fraction of sp³-hybridized carbons (Fsp3) is 0.452. The highest BCUT2D eigenvalue weighted by atomic mass is 16.5. The van der Waals surface area contributed by atoms with Gasteiger partial charge in [0.05, 0.1) is 0 Å². The Labute approximate surface area is 277 Å². The minimum absolute atomic E-state index is 0.00300. The van der Waals surface area contributed by atoms with E-state index in [-0.39, 0.29) is 33.8 Å². The van der Waals surface area contributed by atoms with Crippen molar-refractivity contribution in [3.63, 3.8) is 0 Å². The van der Waals surface area contributed by atoms with Crippen molar-refractivity contribution >= 4 is 40.3 Å². The molecule has 0 amide bonds. The van der Waals surface area contributed by atoms with E-state index in [1.165, 1.54) is 49.9 Å². The van der Waals surface area contributed by atoms with Crippen molar-refractivity contribution in [1.82, 2.24) is 4.98 Å². The van der Waals surface area contributed by atoms with Crippen molar-refractivity contribution in [2.75, 3.05) is 4.90 Å². The topological polar surface area (TPSA) is 25.4 Å². The van der Waals surface area contributed by atoms with E-state index in [9.17, 15) is 0 Å². The van der Waals surface area contributed by atoms with E-state index in [1.54, 1.807) is 0 Å². The molecule has 2 aliphatic heterocycles. The van der Waals surface area contributed by atoms with E-state index in [0.29, 0.717) is 0 Å². The molecule has 4 aromatic rings. The van der Waals surface area contributed by atoms with Gasteiger partial charge in [0.2, 0.25) is 0 Å². The monoisotopic (exact) mass is 610 g/mol. The van der Waals surface area contributed by atoms with Gasteiger partial charge in [0.1, 0.15) is 17.3 Å². The zero-order valence-electron chi connectivity index (χ0n) is 30.4. The molecule has 0 saturated carbocycles. The van der Waals surface area contributed by atoms with Crippen LogP contribution in [0.2, 0.25) is 0 Å². The number of anilines is 3. The number of hydrogen-bond donors (Lipinski definition) is 0. The highest BCUT2D eigenvalue weighted by Crippen LogP contribution is 2.51. The molecule has 238 valence electrons. The molecular formula is C42H51BN2O. The Balaban J connectivity index is 1.54. The lowest BCUT2D eigenvalue weighted by molar-refractivity contribution is 0.402. The molecule has 0 unspecified atom stereocenters. The lowest BCUT2D eigenvalue weighted by Crippen LogP contribution is -2.60. The van der Waals surface area contributed by atoms with Gasteiger partial charge in [0.15, 0.2) is 0 Å². The van der Waals surface area contributed by atoms with E-state index >= 15 is 0 Å². The summed E-state index contributed by atoms with van der Waals surface area (Å²) in [7, 11) is 0. The molecule has 4 heteroatoms. The van der Waals surface area contributed by atoms with Gasteiger partial charge < -0.3 is 4.74 Å². The van der Waals surface area contributed by atoms with Crippen LogP contribution < -0.4 is 26.0 Å². The van der Waals surface area contributed by atoms with Crippen LogP contribution in [0.1, 0.15) is 124 Å². The Bertz CT molecular complexity index is 1880. The fourth-order valence-electron chi connectivity index (χ4n) is 8.34. The highest BCUT2D eigenvalue weighted by molar-refractivity contribution is 6.99. The summed E-state index contributed by atoms with van der Waals surface area (Å²) in [6.45, 7) is 30.4. The molecule has 3 nitrogen and oxygen atoms in total. The predicted molar refractivity (Wildman–Crippen MR) is 197 cm³/mol. The summed E-state index contributed by atoms with van der Waals surface area (Å²) in [5, 5.41) is 0. The number of pyridine rings is 1. The summed E-state index contributed by atoms with van der Waals surface area (Å²) in [5.41, 5.74) is 13.2. The number of nitrogens with zero attached hydrogens (tertiary/aromatic N) is 2. The average molecular weight is 611 g/mol. The van der Waals surface area contributed by atoms with Crippen molar-refractivity contribution in [3.05, 3.63) is 88.6 Å². The molecule has 46 heavy (non-hydrogen) atoms. The first-order valence-electron chi connectivity index (χ1n) is 17.1. The molecule has 0 N–H and O–H groups in total. The Morgan fingerprint density at radius 2 is 1.24 bits per heavy atom. The molecule has 1 aromatic heterocycles. The molecule has 0 spiro atoms. The Kier molecular flexibility index (Phi) is 6.44. The first-order valence-corrected chi connectivity index (χ1v) is 17.1. The number of rotatable bonds is 1. The fourth-order valence-corrected chi connectivity index (χ4v) is 8.34. The number of benzene rings is 3. The van der Waals surface area contributed by atoms with Crippen molar-refractivity contribution in [2.45, 2.75) is 124 Å². The van der Waals surface area contributed by atoms with E-state index in [2.05, 4.69) is 150 Å². The zero-order chi connectivity index (χ0) is 33.4. The lowest BCUT2D eigenvalue weighted by atomic mass is 9.34. The van der Waals surface area contributed by atoms with Gasteiger partial charge in [-0.2, -0.15) is 0 Å². The van der Waals surface area contributed by atoms with E-state index in [4.69, 9.17) is 9.72 Å². The first kappa shape index (κ1) is 31.1. The minimum Gasteiger partial charge on any atom is -0.458 e. The van der Waals surface area contributed by atoms with Crippen LogP contribution in [0.15, 0.2) is 60.8 Å². The zero-order valence-corrected chi connectivity index (χ0v) is 30.4. The maximum atomic E-state index is 6.88. The second kappa shape index (κ2) is 9.52. The van der Waals surface area contributed by atoms with Gasteiger partial charge in [0, 0.05) is 23.0 Å². The largest absolute Gasteiger partial charge is 0.458 e. The van der Waals surface area contributed by atoms with Gasteiger partial charge in [-0.1, -0.05) is 114 Å². The molecule has 1 aliphatic carbocycles. The van der Waals surface area contributed by atoms with E-state index < -0.39 is 0 Å². The Hall–Kier alpha value is -3.53. The minimum atomic E-state index is -0.00300. The van der Waals surface area contributed by atoms with Crippen LogP contribution in [0, 0.1) is 0 Å². The standard InChI is InChI=1S/C42H51BN2O/c1-38(2,3)25-14-15-31-33(21-25)45(28-19-26(39(4,5)6)18-27(20-28)40(7,8)9)37-36-34(16-17-44-37)46-35-23-30-29(22-32(35)43(31)36)41(10,11)24-42(30,12)13/h14-23H,24H2,1-13H3. The molecule has 7 rings (SSSR count). The van der Waals surface area contributed by atoms with Crippen LogP contribution in [0.25, 0.3) is 0 Å². The third-order valence-corrected chi connectivity index (χ3v) is 10.8. The molecule has 0 fully saturated rings. The van der Waals surface area contributed by atoms with Gasteiger partial charge in [-0.15, -0.1) is 0 Å². The molecule has 0 bridgehead atoms. The Morgan fingerprint density at radius 3 is 1.83 bits per heavy atom. The Morgan fingerprint density at radius 1 is 0.652 bits per heavy atom. The quantitative estimate of drug-likeness (QED) is 0.174. The lowest BCUT2D eigenvalue weighted by Gasteiger charge is -2.41. The van der Waals surface area contributed by atoms with E-state index in [0.717, 1.165) is 29.4 Å². The molecule has 0 saturated heterocycles. The summed E-state index contributed by atoms with van der Waals surface area (Å²) >= 11 is 0. The SMILES string of the molecule is CC(C)(C)c1cc(N2c3cc(C(C)(C)C)ccc3B3c4cc5c(cc4Oc4ccnc2c43)C(C)(C)CC5(C)C)cc(C(C)(C)C)c1. The van der Waals surface area contributed by atoms with Crippen molar-refractivity contribution in [2.24, 2.45) is 0 Å². The first-order chi connectivity index (χ1) is 21.2. The van der Waals surface area contributed by atoms with Crippen molar-refractivity contribution < 1.29 is 4.74 Å². The third kappa shape index (κ3) is 4.73. The van der Waals surface area contributed by atoms with Gasteiger partial charge in [-0.3, -0.25) is 4.90 Å². The van der Waals surface area contributed by atoms with Crippen molar-refractivity contribution in [1.29, 1.82) is 0 Å². The van der Waals surface area contributed by atoms with E-state index in [1.807, 2.05) is 6.20 Å². The number of ether oxygens (including phenoxy) is 1. The van der Waals surface area contributed by atoms with Crippen LogP contribution >= 0.6 is 0 Å². The van der Waals surface area contributed by atoms with Gasteiger partial charge in [-0.05, 0) is 103 Å². The third-order valence-electron chi connectivity index (χ3n) is 10.8. The smallest absolute Gasteiger partial charge is 0.258 e. The van der Waals surface area contributed by atoms with Crippen molar-refractivity contribution in [3.8, 4) is 11.5 Å². The molecule has 3 aromatic carbocycles. The molecule has 0 atom stereocenters. The molecular weight excluding hydrogens is 559 g/mol. The number of hydrogen-bond acceptors (Lipinski definition) is 3. The second-order valence-corrected chi connectivity index (χ2v) is 18.6. The number of aromatic nitrogens is 1. The maximum Gasteiger partial charge on any atom is 0.258 e. The van der Waals surface area contributed by atoms with Gasteiger partial charge in [0.25, 0.3) is 6.71 Å². The van der Waals surface area contributed by atoms with Gasteiger partial charge in [-0.25, -0.2) is 4.98 Å². The predicted octanol–water partition coefficient (Wildman–Crippen LogP) is 9.34. The summed E-state index contributed by atoms with van der Waals surface area (Å²) in [5.74, 6) is 2.87. The van der Waals surface area contributed by atoms with Crippen LogP contribution in [0.3, 0.4) is 0 Å². The average Bonchev–Trinajstić information content (AvgIpc) is 3.12.